The Morgan fingerprint density at radius 2 is 2.12 bits per heavy atom. The lowest BCUT2D eigenvalue weighted by Crippen LogP contribution is -2.17. The van der Waals surface area contributed by atoms with E-state index in [4.69, 9.17) is 9.62 Å². The summed E-state index contributed by atoms with van der Waals surface area (Å²) in [4.78, 5) is 10.9. The first-order chi connectivity index (χ1) is 12.7. The molecule has 134 valence electrons. The van der Waals surface area contributed by atoms with Crippen LogP contribution in [0.5, 0.6) is 0 Å². The molecule has 6 heteroatoms. The summed E-state index contributed by atoms with van der Waals surface area (Å²) in [5.41, 5.74) is 4.64. The summed E-state index contributed by atoms with van der Waals surface area (Å²) in [6, 6.07) is 12.8. The van der Waals surface area contributed by atoms with Crippen molar-refractivity contribution in [2.75, 3.05) is 6.54 Å². The molecule has 2 aromatic carbocycles. The van der Waals surface area contributed by atoms with Gasteiger partial charge in [0.05, 0.1) is 6.26 Å². The van der Waals surface area contributed by atoms with Crippen LogP contribution in [0.1, 0.15) is 16.7 Å². The van der Waals surface area contributed by atoms with E-state index >= 15 is 0 Å². The van der Waals surface area contributed by atoms with Crippen LogP contribution in [-0.2, 0) is 17.8 Å². The van der Waals surface area contributed by atoms with E-state index in [2.05, 4.69) is 11.4 Å². The Balaban J connectivity index is 1.53. The molecular weight excluding hydrogens is 335 g/mol. The Kier molecular flexibility index (Phi) is 5.78. The van der Waals surface area contributed by atoms with Gasteiger partial charge in [-0.25, -0.2) is 9.87 Å². The smallest absolute Gasteiger partial charge is 0.267 e. The molecule has 3 aromatic rings. The topological polar surface area (TPSA) is 74.5 Å². The molecule has 0 unspecified atom stereocenters. The number of hydrogen-bond acceptors (Lipinski definition) is 4. The normalized spacial score (nSPS) is 11.3. The molecule has 0 saturated heterocycles. The highest BCUT2D eigenvalue weighted by Crippen LogP contribution is 2.20. The quantitative estimate of drug-likeness (QED) is 0.263. The van der Waals surface area contributed by atoms with Crippen molar-refractivity contribution in [3.8, 4) is 0 Å². The summed E-state index contributed by atoms with van der Waals surface area (Å²) in [5.74, 6) is -1.13. The number of hydrogen-bond donors (Lipinski definition) is 3. The zero-order valence-corrected chi connectivity index (χ0v) is 14.0. The highest BCUT2D eigenvalue weighted by molar-refractivity contribution is 5.90. The van der Waals surface area contributed by atoms with Gasteiger partial charge in [0, 0.05) is 23.6 Å². The van der Waals surface area contributed by atoms with Crippen molar-refractivity contribution in [1.29, 1.82) is 0 Å². The van der Waals surface area contributed by atoms with Crippen molar-refractivity contribution in [2.24, 2.45) is 0 Å². The molecule has 5 nitrogen and oxygen atoms in total. The third-order valence-electron chi connectivity index (χ3n) is 4.08. The minimum atomic E-state index is -0.706. The maximum absolute atomic E-state index is 14.0. The van der Waals surface area contributed by atoms with Gasteiger partial charge in [-0.05, 0) is 48.4 Å². The molecule has 0 aliphatic carbocycles. The standard InChI is InChI=1S/C20H19FN2O3/c21-18-12-14(4-5-16(18)6-7-20(24)23-25)13-22-10-8-15-2-1-3-19-17(15)9-11-26-19/h1-7,9,11-12,22,25H,8,10,13H2,(H,23,24)/b7-6+. The predicted octanol–water partition coefficient (Wildman–Crippen LogP) is 3.42. The Morgan fingerprint density at radius 1 is 1.23 bits per heavy atom. The molecule has 0 spiro atoms. The first-order valence-corrected chi connectivity index (χ1v) is 8.24. The second-order valence-electron chi connectivity index (χ2n) is 5.84. The summed E-state index contributed by atoms with van der Waals surface area (Å²) in [6.45, 7) is 1.30. The molecule has 0 aliphatic rings. The lowest BCUT2D eigenvalue weighted by atomic mass is 10.1. The predicted molar refractivity (Wildman–Crippen MR) is 97.0 cm³/mol. The Morgan fingerprint density at radius 3 is 2.92 bits per heavy atom. The monoisotopic (exact) mass is 354 g/mol. The minimum absolute atomic E-state index is 0.281. The fourth-order valence-corrected chi connectivity index (χ4v) is 2.75. The maximum atomic E-state index is 14.0. The van der Waals surface area contributed by atoms with Crippen LogP contribution in [0.4, 0.5) is 4.39 Å². The lowest BCUT2D eigenvalue weighted by Gasteiger charge is -2.07. The lowest BCUT2D eigenvalue weighted by molar-refractivity contribution is -0.124. The number of furan rings is 1. The Hall–Kier alpha value is -2.96. The van der Waals surface area contributed by atoms with E-state index < -0.39 is 11.7 Å². The molecule has 0 atom stereocenters. The fraction of sp³-hybridized carbons (Fsp3) is 0.150. The average Bonchev–Trinajstić information content (AvgIpc) is 3.13. The maximum Gasteiger partial charge on any atom is 0.267 e. The molecular formula is C20H19FN2O3. The summed E-state index contributed by atoms with van der Waals surface area (Å²) in [5, 5.41) is 12.8. The second kappa shape index (κ2) is 8.42. The van der Waals surface area contributed by atoms with E-state index in [1.54, 1.807) is 18.4 Å². The van der Waals surface area contributed by atoms with Crippen LogP contribution in [0.25, 0.3) is 17.0 Å². The zero-order chi connectivity index (χ0) is 18.4. The number of hydroxylamine groups is 1. The van der Waals surface area contributed by atoms with Crippen LogP contribution in [-0.4, -0.2) is 17.7 Å². The summed E-state index contributed by atoms with van der Waals surface area (Å²) in [6.07, 6.45) is 4.90. The summed E-state index contributed by atoms with van der Waals surface area (Å²) in [7, 11) is 0. The van der Waals surface area contributed by atoms with Crippen molar-refractivity contribution in [2.45, 2.75) is 13.0 Å². The van der Waals surface area contributed by atoms with Gasteiger partial charge in [-0.15, -0.1) is 0 Å². The zero-order valence-electron chi connectivity index (χ0n) is 14.0. The number of nitrogens with one attached hydrogen (secondary N) is 2. The molecule has 1 amide bonds. The number of carbonyl (C=O) groups is 1. The Labute approximate surface area is 150 Å². The summed E-state index contributed by atoms with van der Waals surface area (Å²) < 4.78 is 19.4. The summed E-state index contributed by atoms with van der Waals surface area (Å²) >= 11 is 0. The van der Waals surface area contributed by atoms with E-state index in [-0.39, 0.29) is 5.56 Å². The molecule has 26 heavy (non-hydrogen) atoms. The Bertz CT molecular complexity index is 934. The largest absolute Gasteiger partial charge is 0.464 e. The highest BCUT2D eigenvalue weighted by atomic mass is 19.1. The number of fused-ring (bicyclic) bond motifs is 1. The van der Waals surface area contributed by atoms with Gasteiger partial charge in [-0.1, -0.05) is 24.3 Å². The molecule has 0 bridgehead atoms. The molecule has 0 aliphatic heterocycles. The average molecular weight is 354 g/mol. The molecule has 0 fully saturated rings. The van der Waals surface area contributed by atoms with Gasteiger partial charge in [0.25, 0.3) is 5.91 Å². The molecule has 1 heterocycles. The van der Waals surface area contributed by atoms with E-state index in [9.17, 15) is 9.18 Å². The number of amides is 1. The molecule has 0 saturated carbocycles. The highest BCUT2D eigenvalue weighted by Gasteiger charge is 2.04. The van der Waals surface area contributed by atoms with Crippen molar-refractivity contribution >= 4 is 23.0 Å². The second-order valence-corrected chi connectivity index (χ2v) is 5.84. The van der Waals surface area contributed by atoms with Gasteiger partial charge in [-0.3, -0.25) is 10.0 Å². The molecule has 1 aromatic heterocycles. The van der Waals surface area contributed by atoms with Crippen molar-refractivity contribution < 1.29 is 18.8 Å². The van der Waals surface area contributed by atoms with Gasteiger partial charge in [-0.2, -0.15) is 0 Å². The van der Waals surface area contributed by atoms with Crippen molar-refractivity contribution in [3.05, 3.63) is 77.3 Å². The van der Waals surface area contributed by atoms with E-state index in [0.29, 0.717) is 6.54 Å². The first-order valence-electron chi connectivity index (χ1n) is 8.24. The van der Waals surface area contributed by atoms with Crippen LogP contribution in [0.2, 0.25) is 0 Å². The van der Waals surface area contributed by atoms with Gasteiger partial charge >= 0.3 is 0 Å². The van der Waals surface area contributed by atoms with E-state index in [1.165, 1.54) is 23.2 Å². The molecule has 3 rings (SSSR count). The SMILES string of the molecule is O=C(/C=C/c1ccc(CNCCc2cccc3occc23)cc1F)NO. The number of rotatable bonds is 7. The number of benzene rings is 2. The van der Waals surface area contributed by atoms with Crippen LogP contribution in [0, 0.1) is 5.82 Å². The third-order valence-corrected chi connectivity index (χ3v) is 4.08. The number of carbonyl (C=O) groups excluding carboxylic acids is 1. The third kappa shape index (κ3) is 4.36. The van der Waals surface area contributed by atoms with Gasteiger partial charge in [0.2, 0.25) is 0 Å². The first kappa shape index (κ1) is 17.8. The number of halogens is 1. The van der Waals surface area contributed by atoms with Crippen LogP contribution in [0.15, 0.2) is 59.2 Å². The van der Waals surface area contributed by atoms with Gasteiger partial charge < -0.3 is 9.73 Å². The molecule has 3 N–H and O–H groups in total. The van der Waals surface area contributed by atoms with Crippen molar-refractivity contribution in [1.82, 2.24) is 10.8 Å². The fourth-order valence-electron chi connectivity index (χ4n) is 2.75. The minimum Gasteiger partial charge on any atom is -0.464 e. The van der Waals surface area contributed by atoms with E-state index in [0.717, 1.165) is 35.6 Å². The van der Waals surface area contributed by atoms with Gasteiger partial charge in [0.15, 0.2) is 0 Å². The van der Waals surface area contributed by atoms with Crippen LogP contribution < -0.4 is 10.8 Å². The van der Waals surface area contributed by atoms with Crippen LogP contribution >= 0.6 is 0 Å². The van der Waals surface area contributed by atoms with E-state index in [1.807, 2.05) is 18.2 Å². The van der Waals surface area contributed by atoms with Crippen molar-refractivity contribution in [3.63, 3.8) is 0 Å². The van der Waals surface area contributed by atoms with Crippen LogP contribution in [0.3, 0.4) is 0 Å². The molecule has 0 radical (unpaired) electrons. The van der Waals surface area contributed by atoms with Gasteiger partial charge in [0.1, 0.15) is 11.4 Å².